The van der Waals surface area contributed by atoms with Crippen molar-refractivity contribution in [3.05, 3.63) is 59.9 Å². The molecule has 0 radical (unpaired) electrons. The number of hydrogen-bond acceptors (Lipinski definition) is 3. The van der Waals surface area contributed by atoms with Gasteiger partial charge in [-0.15, -0.1) is 0 Å². The zero-order valence-corrected chi connectivity index (χ0v) is 13.9. The van der Waals surface area contributed by atoms with Gasteiger partial charge < -0.3 is 0 Å². The molecular formula is C19H17FN2OS. The minimum absolute atomic E-state index is 0.0746. The number of para-hydroxylation sites is 1. The van der Waals surface area contributed by atoms with E-state index in [4.69, 9.17) is 0 Å². The number of thiazole rings is 1. The van der Waals surface area contributed by atoms with E-state index in [-0.39, 0.29) is 17.6 Å². The molecule has 0 atom stereocenters. The van der Waals surface area contributed by atoms with E-state index >= 15 is 0 Å². The molecule has 0 bridgehead atoms. The number of halogens is 1. The summed E-state index contributed by atoms with van der Waals surface area (Å²) in [6, 6.07) is 14.8. The fourth-order valence-electron chi connectivity index (χ4n) is 2.90. The number of aromatic nitrogens is 1. The first-order chi connectivity index (χ1) is 11.7. The van der Waals surface area contributed by atoms with Gasteiger partial charge in [-0.1, -0.05) is 54.2 Å². The fraction of sp³-hybridized carbons (Fsp3) is 0.263. The molecule has 1 saturated carbocycles. The third kappa shape index (κ3) is 2.80. The maximum absolute atomic E-state index is 14.0. The van der Waals surface area contributed by atoms with Crippen molar-refractivity contribution >= 4 is 32.6 Å². The minimum Gasteiger partial charge on any atom is -0.283 e. The van der Waals surface area contributed by atoms with Crippen molar-refractivity contribution in [3.63, 3.8) is 0 Å². The number of anilines is 1. The Hall–Kier alpha value is -2.27. The molecule has 24 heavy (non-hydrogen) atoms. The van der Waals surface area contributed by atoms with Crippen LogP contribution in [0.2, 0.25) is 0 Å². The zero-order valence-electron chi connectivity index (χ0n) is 13.1. The van der Waals surface area contributed by atoms with Crippen LogP contribution < -0.4 is 4.90 Å². The Morgan fingerprint density at radius 3 is 2.62 bits per heavy atom. The maximum atomic E-state index is 14.0. The molecule has 1 amide bonds. The zero-order chi connectivity index (χ0) is 16.5. The quantitative estimate of drug-likeness (QED) is 0.685. The van der Waals surface area contributed by atoms with Crippen molar-refractivity contribution in [1.29, 1.82) is 0 Å². The predicted molar refractivity (Wildman–Crippen MR) is 94.6 cm³/mol. The Kier molecular flexibility index (Phi) is 4.02. The molecule has 3 nitrogen and oxygen atoms in total. The highest BCUT2D eigenvalue weighted by atomic mass is 32.1. The van der Waals surface area contributed by atoms with E-state index in [0.29, 0.717) is 17.2 Å². The van der Waals surface area contributed by atoms with Crippen LogP contribution in [0.15, 0.2) is 48.5 Å². The van der Waals surface area contributed by atoms with Gasteiger partial charge in [0.15, 0.2) is 5.13 Å². The summed E-state index contributed by atoms with van der Waals surface area (Å²) < 4.78 is 14.7. The van der Waals surface area contributed by atoms with Crippen LogP contribution in [0.3, 0.4) is 0 Å². The lowest BCUT2D eigenvalue weighted by Crippen LogP contribution is -2.38. The van der Waals surface area contributed by atoms with Crippen LogP contribution in [0.4, 0.5) is 9.52 Å². The van der Waals surface area contributed by atoms with E-state index < -0.39 is 0 Å². The third-order valence-corrected chi connectivity index (χ3v) is 5.54. The molecule has 5 heteroatoms. The van der Waals surface area contributed by atoms with Gasteiger partial charge in [0.1, 0.15) is 11.3 Å². The molecule has 1 heterocycles. The number of benzene rings is 2. The van der Waals surface area contributed by atoms with Gasteiger partial charge in [0.2, 0.25) is 5.91 Å². The molecule has 122 valence electrons. The number of carbonyl (C=O) groups excluding carboxylic acids is 1. The summed E-state index contributed by atoms with van der Waals surface area (Å²) in [5.41, 5.74) is 1.39. The molecule has 3 aromatic rings. The Labute approximate surface area is 143 Å². The van der Waals surface area contributed by atoms with Crippen LogP contribution in [0.25, 0.3) is 10.2 Å². The highest BCUT2D eigenvalue weighted by Crippen LogP contribution is 2.35. The summed E-state index contributed by atoms with van der Waals surface area (Å²) in [5.74, 6) is -0.166. The predicted octanol–water partition coefficient (Wildman–Crippen LogP) is 4.77. The van der Waals surface area contributed by atoms with Gasteiger partial charge in [0, 0.05) is 5.92 Å². The van der Waals surface area contributed by atoms with Crippen LogP contribution in [-0.4, -0.2) is 10.9 Å². The first-order valence-corrected chi connectivity index (χ1v) is 8.94. The first kappa shape index (κ1) is 15.3. The van der Waals surface area contributed by atoms with Crippen molar-refractivity contribution < 1.29 is 9.18 Å². The van der Waals surface area contributed by atoms with Crippen molar-refractivity contribution in [2.45, 2.75) is 25.8 Å². The highest BCUT2D eigenvalue weighted by molar-refractivity contribution is 7.22. The topological polar surface area (TPSA) is 33.2 Å². The summed E-state index contributed by atoms with van der Waals surface area (Å²) in [7, 11) is 0. The smallest absolute Gasteiger partial charge is 0.232 e. The van der Waals surface area contributed by atoms with Crippen molar-refractivity contribution in [2.75, 3.05) is 4.90 Å². The van der Waals surface area contributed by atoms with Gasteiger partial charge >= 0.3 is 0 Å². The highest BCUT2D eigenvalue weighted by Gasteiger charge is 2.31. The largest absolute Gasteiger partial charge is 0.283 e. The van der Waals surface area contributed by atoms with Gasteiger partial charge in [0.05, 0.1) is 11.2 Å². The Bertz CT molecular complexity index is 873. The summed E-state index contributed by atoms with van der Waals surface area (Å²) in [4.78, 5) is 19.0. The molecule has 2 aromatic carbocycles. The second-order valence-corrected chi connectivity index (χ2v) is 7.13. The number of nitrogens with zero attached hydrogens (tertiary/aromatic N) is 2. The molecule has 0 saturated heterocycles. The summed E-state index contributed by atoms with van der Waals surface area (Å²) >= 11 is 1.37. The van der Waals surface area contributed by atoms with Crippen LogP contribution in [-0.2, 0) is 11.3 Å². The Morgan fingerprint density at radius 1 is 1.17 bits per heavy atom. The Morgan fingerprint density at radius 2 is 1.96 bits per heavy atom. The molecular weight excluding hydrogens is 323 g/mol. The van der Waals surface area contributed by atoms with E-state index in [0.717, 1.165) is 29.5 Å². The standard InChI is InChI=1S/C19H17FN2OS/c20-15-10-5-11-16-17(15)21-19(24-16)22(18(23)14-8-4-9-14)12-13-6-2-1-3-7-13/h1-3,5-7,10-11,14H,4,8-9,12H2. The second kappa shape index (κ2) is 6.32. The average molecular weight is 340 g/mol. The first-order valence-electron chi connectivity index (χ1n) is 8.13. The van der Waals surface area contributed by atoms with Crippen LogP contribution in [0.1, 0.15) is 24.8 Å². The number of rotatable bonds is 4. The Balaban J connectivity index is 1.72. The van der Waals surface area contributed by atoms with Crippen LogP contribution in [0.5, 0.6) is 0 Å². The number of hydrogen-bond donors (Lipinski definition) is 0. The average Bonchev–Trinajstić information content (AvgIpc) is 2.97. The molecule has 1 aliphatic rings. The third-order valence-electron chi connectivity index (χ3n) is 4.49. The summed E-state index contributed by atoms with van der Waals surface area (Å²) in [5, 5.41) is 0.579. The maximum Gasteiger partial charge on any atom is 0.232 e. The van der Waals surface area contributed by atoms with E-state index in [1.54, 1.807) is 11.0 Å². The fourth-order valence-corrected chi connectivity index (χ4v) is 3.88. The SMILES string of the molecule is O=C(C1CCC1)N(Cc1ccccc1)c1nc2c(F)cccc2s1. The van der Waals surface area contributed by atoms with Gasteiger partial charge in [-0.3, -0.25) is 9.69 Å². The molecule has 0 spiro atoms. The minimum atomic E-state index is -0.342. The molecule has 1 aromatic heterocycles. The second-order valence-electron chi connectivity index (χ2n) is 6.12. The normalized spacial score (nSPS) is 14.5. The van der Waals surface area contributed by atoms with Crippen molar-refractivity contribution in [3.8, 4) is 0 Å². The lowest BCUT2D eigenvalue weighted by Gasteiger charge is -2.30. The van der Waals surface area contributed by atoms with Crippen LogP contribution in [0, 0.1) is 11.7 Å². The van der Waals surface area contributed by atoms with Crippen molar-refractivity contribution in [2.24, 2.45) is 5.92 Å². The number of amides is 1. The lowest BCUT2D eigenvalue weighted by atomic mass is 9.84. The van der Waals surface area contributed by atoms with Gasteiger partial charge in [-0.25, -0.2) is 9.37 Å². The van der Waals surface area contributed by atoms with Gasteiger partial charge in [0.25, 0.3) is 0 Å². The monoisotopic (exact) mass is 340 g/mol. The molecule has 0 unspecified atom stereocenters. The van der Waals surface area contributed by atoms with Crippen molar-refractivity contribution in [1.82, 2.24) is 4.98 Å². The summed E-state index contributed by atoms with van der Waals surface area (Å²) in [6.07, 6.45) is 2.97. The van der Waals surface area contributed by atoms with E-state index in [1.807, 2.05) is 36.4 Å². The molecule has 1 aliphatic carbocycles. The molecule has 1 fully saturated rings. The molecule has 4 rings (SSSR count). The van der Waals surface area contributed by atoms with E-state index in [9.17, 15) is 9.18 Å². The van der Waals surface area contributed by atoms with Gasteiger partial charge in [-0.05, 0) is 30.5 Å². The van der Waals surface area contributed by atoms with E-state index in [1.165, 1.54) is 17.4 Å². The van der Waals surface area contributed by atoms with Gasteiger partial charge in [-0.2, -0.15) is 0 Å². The molecule has 0 N–H and O–H groups in total. The number of carbonyl (C=O) groups is 1. The van der Waals surface area contributed by atoms with Crippen LogP contribution >= 0.6 is 11.3 Å². The summed E-state index contributed by atoms with van der Waals surface area (Å²) in [6.45, 7) is 0.470. The number of fused-ring (bicyclic) bond motifs is 1. The van der Waals surface area contributed by atoms with E-state index in [2.05, 4.69) is 4.98 Å². The lowest BCUT2D eigenvalue weighted by molar-refractivity contribution is -0.124. The molecule has 0 aliphatic heterocycles.